The molecule has 2 aromatic rings. The Morgan fingerprint density at radius 2 is 1.68 bits per heavy atom. The second kappa shape index (κ2) is 6.21. The Bertz CT molecular complexity index is 689. The van der Waals surface area contributed by atoms with Crippen molar-refractivity contribution in [3.63, 3.8) is 0 Å². The summed E-state index contributed by atoms with van der Waals surface area (Å²) < 4.78 is 20.2. The molecule has 22 heavy (non-hydrogen) atoms. The van der Waals surface area contributed by atoms with Crippen molar-refractivity contribution in [2.24, 2.45) is 0 Å². The van der Waals surface area contributed by atoms with E-state index in [0.717, 1.165) is 0 Å². The molecule has 0 spiro atoms. The van der Waals surface area contributed by atoms with E-state index in [2.05, 4.69) is 0 Å². The molecule has 1 N–H and O–H groups in total. The molecule has 0 aliphatic heterocycles. The number of furan rings is 1. The molecule has 7 heteroatoms. The number of carbonyl (C=O) groups excluding carboxylic acids is 1. The number of aromatic carboxylic acids is 1. The second-order valence-corrected chi connectivity index (χ2v) is 4.34. The van der Waals surface area contributed by atoms with Gasteiger partial charge in [0.15, 0.2) is 0 Å². The molecule has 0 bridgehead atoms. The third-order valence-electron chi connectivity index (χ3n) is 2.87. The van der Waals surface area contributed by atoms with Gasteiger partial charge in [-0.3, -0.25) is 0 Å². The number of aryl methyl sites for hydroxylation is 1. The first-order chi connectivity index (χ1) is 10.5. The van der Waals surface area contributed by atoms with Crippen LogP contribution in [0.15, 0.2) is 28.9 Å². The fourth-order valence-electron chi connectivity index (χ4n) is 1.87. The molecular formula is C15H14O7. The van der Waals surface area contributed by atoms with Crippen molar-refractivity contribution in [1.29, 1.82) is 0 Å². The fourth-order valence-corrected chi connectivity index (χ4v) is 1.87. The van der Waals surface area contributed by atoms with Crippen LogP contribution in [0.1, 0.15) is 26.5 Å². The zero-order chi connectivity index (χ0) is 16.3. The third kappa shape index (κ3) is 3.03. The van der Waals surface area contributed by atoms with Gasteiger partial charge in [0.25, 0.3) is 0 Å². The van der Waals surface area contributed by atoms with Crippen LogP contribution in [0.25, 0.3) is 0 Å². The molecule has 0 aliphatic rings. The SMILES string of the molecule is COc1cc(OC(=O)c2coc(C)c2)cc(OC)c1C(=O)O. The summed E-state index contributed by atoms with van der Waals surface area (Å²) in [5.74, 6) is -1.12. The number of methoxy groups -OCH3 is 2. The monoisotopic (exact) mass is 306 g/mol. The Balaban J connectivity index is 2.36. The van der Waals surface area contributed by atoms with Gasteiger partial charge in [-0.05, 0) is 13.0 Å². The van der Waals surface area contributed by atoms with E-state index in [9.17, 15) is 14.7 Å². The number of carboxylic acids is 1. The zero-order valence-corrected chi connectivity index (χ0v) is 12.2. The van der Waals surface area contributed by atoms with Gasteiger partial charge in [0.1, 0.15) is 34.8 Å². The Labute approximate surface area is 126 Å². The Morgan fingerprint density at radius 1 is 1.09 bits per heavy atom. The Morgan fingerprint density at radius 3 is 2.09 bits per heavy atom. The first-order valence-corrected chi connectivity index (χ1v) is 6.23. The highest BCUT2D eigenvalue weighted by Crippen LogP contribution is 2.34. The average Bonchev–Trinajstić information content (AvgIpc) is 2.92. The van der Waals surface area contributed by atoms with Crippen LogP contribution in [0.5, 0.6) is 17.2 Å². The van der Waals surface area contributed by atoms with E-state index < -0.39 is 11.9 Å². The largest absolute Gasteiger partial charge is 0.496 e. The molecule has 0 radical (unpaired) electrons. The Kier molecular flexibility index (Phi) is 4.36. The number of hydrogen-bond acceptors (Lipinski definition) is 6. The van der Waals surface area contributed by atoms with E-state index in [1.807, 2.05) is 0 Å². The van der Waals surface area contributed by atoms with E-state index in [-0.39, 0.29) is 28.4 Å². The van der Waals surface area contributed by atoms with E-state index >= 15 is 0 Å². The first kappa shape index (κ1) is 15.4. The Hall–Kier alpha value is -2.96. The lowest BCUT2D eigenvalue weighted by Gasteiger charge is -2.12. The average molecular weight is 306 g/mol. The summed E-state index contributed by atoms with van der Waals surface area (Å²) in [6.07, 6.45) is 1.28. The van der Waals surface area contributed by atoms with Crippen molar-refractivity contribution in [1.82, 2.24) is 0 Å². The standard InChI is InChI=1S/C15H14O7/c1-8-4-9(7-21-8)15(18)22-10-5-11(19-2)13(14(16)17)12(6-10)20-3/h4-7H,1-3H3,(H,16,17). The highest BCUT2D eigenvalue weighted by atomic mass is 16.5. The van der Waals surface area contributed by atoms with Crippen molar-refractivity contribution < 1.29 is 33.3 Å². The molecule has 116 valence electrons. The molecule has 0 unspecified atom stereocenters. The molecule has 0 saturated carbocycles. The number of rotatable bonds is 5. The maximum absolute atomic E-state index is 12.0. The molecule has 2 rings (SSSR count). The topological polar surface area (TPSA) is 95.2 Å². The molecule has 0 fully saturated rings. The summed E-state index contributed by atoms with van der Waals surface area (Å²) in [5, 5.41) is 9.18. The molecule has 0 saturated heterocycles. The fraction of sp³-hybridized carbons (Fsp3) is 0.200. The quantitative estimate of drug-likeness (QED) is 0.669. The number of carboxylic acid groups (broad SMARTS) is 1. The lowest BCUT2D eigenvalue weighted by atomic mass is 10.1. The van der Waals surface area contributed by atoms with Crippen molar-refractivity contribution in [3.8, 4) is 17.2 Å². The molecule has 0 atom stereocenters. The van der Waals surface area contributed by atoms with Gasteiger partial charge >= 0.3 is 11.9 Å². The number of esters is 1. The van der Waals surface area contributed by atoms with Gasteiger partial charge in [0, 0.05) is 12.1 Å². The number of hydrogen-bond donors (Lipinski definition) is 1. The summed E-state index contributed by atoms with van der Waals surface area (Å²) in [7, 11) is 2.62. The lowest BCUT2D eigenvalue weighted by Crippen LogP contribution is -2.09. The lowest BCUT2D eigenvalue weighted by molar-refractivity contribution is 0.0689. The van der Waals surface area contributed by atoms with Crippen molar-refractivity contribution in [2.45, 2.75) is 6.92 Å². The number of ether oxygens (including phenoxy) is 3. The van der Waals surface area contributed by atoms with Crippen molar-refractivity contribution in [2.75, 3.05) is 14.2 Å². The van der Waals surface area contributed by atoms with Gasteiger partial charge in [-0.15, -0.1) is 0 Å². The minimum absolute atomic E-state index is 0.0259. The molecule has 0 aliphatic carbocycles. The predicted octanol–water partition coefficient (Wildman–Crippen LogP) is 2.52. The van der Waals surface area contributed by atoms with Gasteiger partial charge in [-0.2, -0.15) is 0 Å². The molecule has 1 heterocycles. The summed E-state index contributed by atoms with van der Waals surface area (Å²) in [6.45, 7) is 1.70. The summed E-state index contributed by atoms with van der Waals surface area (Å²) in [5.41, 5.74) is 0.0988. The van der Waals surface area contributed by atoms with E-state index in [4.69, 9.17) is 18.6 Å². The summed E-state index contributed by atoms with van der Waals surface area (Å²) in [6, 6.07) is 4.13. The van der Waals surface area contributed by atoms with Gasteiger partial charge in [0.05, 0.1) is 19.8 Å². The van der Waals surface area contributed by atoms with Crippen LogP contribution >= 0.6 is 0 Å². The maximum Gasteiger partial charge on any atom is 0.346 e. The van der Waals surface area contributed by atoms with Crippen LogP contribution in [0, 0.1) is 6.92 Å². The van der Waals surface area contributed by atoms with Crippen LogP contribution in [-0.4, -0.2) is 31.3 Å². The number of benzene rings is 1. The smallest absolute Gasteiger partial charge is 0.346 e. The first-order valence-electron chi connectivity index (χ1n) is 6.23. The van der Waals surface area contributed by atoms with Gasteiger partial charge < -0.3 is 23.7 Å². The normalized spacial score (nSPS) is 10.1. The van der Waals surface area contributed by atoms with Crippen LogP contribution < -0.4 is 14.2 Å². The van der Waals surface area contributed by atoms with Crippen LogP contribution in [0.2, 0.25) is 0 Å². The van der Waals surface area contributed by atoms with Crippen LogP contribution in [0.4, 0.5) is 0 Å². The minimum atomic E-state index is -1.21. The van der Waals surface area contributed by atoms with Crippen LogP contribution in [0.3, 0.4) is 0 Å². The third-order valence-corrected chi connectivity index (χ3v) is 2.87. The minimum Gasteiger partial charge on any atom is -0.496 e. The molecule has 0 amide bonds. The van der Waals surface area contributed by atoms with Crippen LogP contribution in [-0.2, 0) is 0 Å². The molecule has 1 aromatic heterocycles. The molecular weight excluding hydrogens is 292 g/mol. The summed E-state index contributed by atoms with van der Waals surface area (Å²) >= 11 is 0. The highest BCUT2D eigenvalue weighted by molar-refractivity contribution is 5.95. The van der Waals surface area contributed by atoms with Crippen molar-refractivity contribution in [3.05, 3.63) is 41.3 Å². The maximum atomic E-state index is 12.0. The predicted molar refractivity (Wildman–Crippen MR) is 74.9 cm³/mol. The second-order valence-electron chi connectivity index (χ2n) is 4.34. The van der Waals surface area contributed by atoms with Crippen molar-refractivity contribution >= 4 is 11.9 Å². The zero-order valence-electron chi connectivity index (χ0n) is 12.2. The van der Waals surface area contributed by atoms with Gasteiger partial charge in [-0.25, -0.2) is 9.59 Å². The summed E-state index contributed by atoms with van der Waals surface area (Å²) in [4.78, 5) is 23.2. The highest BCUT2D eigenvalue weighted by Gasteiger charge is 2.21. The van der Waals surface area contributed by atoms with Gasteiger partial charge in [0.2, 0.25) is 0 Å². The number of carbonyl (C=O) groups is 2. The van der Waals surface area contributed by atoms with E-state index in [1.54, 1.807) is 6.92 Å². The molecule has 1 aromatic carbocycles. The molecule has 7 nitrogen and oxygen atoms in total. The van der Waals surface area contributed by atoms with Gasteiger partial charge in [-0.1, -0.05) is 0 Å². The van der Waals surface area contributed by atoms with E-state index in [1.165, 1.54) is 38.7 Å². The van der Waals surface area contributed by atoms with E-state index in [0.29, 0.717) is 5.76 Å².